The Morgan fingerprint density at radius 1 is 1.06 bits per heavy atom. The molecule has 168 valence electrons. The zero-order valence-corrected chi connectivity index (χ0v) is 19.3. The van der Waals surface area contributed by atoms with E-state index in [-0.39, 0.29) is 17.3 Å². The van der Waals surface area contributed by atoms with E-state index in [0.717, 1.165) is 17.1 Å². The number of hydrogen-bond donors (Lipinski definition) is 1. The van der Waals surface area contributed by atoms with Crippen LogP contribution >= 0.6 is 11.6 Å². The summed E-state index contributed by atoms with van der Waals surface area (Å²) in [6.07, 6.45) is 5.82. The lowest BCUT2D eigenvalue weighted by Crippen LogP contribution is -2.42. The maximum atomic E-state index is 13.4. The molecule has 0 atom stereocenters. The number of sulfonamides is 1. The second kappa shape index (κ2) is 10.9. The maximum Gasteiger partial charge on any atom is 0.264 e. The molecule has 0 saturated heterocycles. The molecule has 1 aliphatic carbocycles. The molecule has 1 saturated carbocycles. The van der Waals surface area contributed by atoms with Crippen LogP contribution in [0.1, 0.15) is 39.0 Å². The van der Waals surface area contributed by atoms with Crippen molar-refractivity contribution in [1.82, 2.24) is 5.32 Å². The molecule has 1 fully saturated rings. The highest BCUT2D eigenvalue weighted by molar-refractivity contribution is 7.92. The molecule has 2 aromatic carbocycles. The Balaban J connectivity index is 1.81. The van der Waals surface area contributed by atoms with Crippen LogP contribution in [0.15, 0.2) is 53.4 Å². The Labute approximate surface area is 189 Å². The topological polar surface area (TPSA) is 75.7 Å². The number of nitrogens with one attached hydrogen (secondary N) is 1. The quantitative estimate of drug-likeness (QED) is 0.587. The van der Waals surface area contributed by atoms with Crippen molar-refractivity contribution in [2.75, 3.05) is 24.0 Å². The van der Waals surface area contributed by atoms with Gasteiger partial charge in [0.1, 0.15) is 12.3 Å². The van der Waals surface area contributed by atoms with Gasteiger partial charge in [-0.2, -0.15) is 0 Å². The van der Waals surface area contributed by atoms with Crippen molar-refractivity contribution in [2.24, 2.45) is 5.92 Å². The van der Waals surface area contributed by atoms with Gasteiger partial charge in [-0.25, -0.2) is 8.42 Å². The summed E-state index contributed by atoms with van der Waals surface area (Å²) in [4.78, 5) is 12.8. The number of hydrogen-bond acceptors (Lipinski definition) is 4. The number of benzene rings is 2. The van der Waals surface area contributed by atoms with E-state index in [4.69, 9.17) is 16.3 Å². The molecular weight excluding hydrogens is 436 g/mol. The van der Waals surface area contributed by atoms with E-state index in [1.165, 1.54) is 43.5 Å². The molecule has 6 nitrogen and oxygen atoms in total. The van der Waals surface area contributed by atoms with Gasteiger partial charge in [-0.15, -0.1) is 0 Å². The third-order valence-corrected chi connectivity index (χ3v) is 7.48. The van der Waals surface area contributed by atoms with E-state index in [1.807, 2.05) is 6.92 Å². The lowest BCUT2D eigenvalue weighted by atomic mass is 9.89. The molecule has 1 amide bonds. The van der Waals surface area contributed by atoms with Gasteiger partial charge >= 0.3 is 0 Å². The molecule has 0 unspecified atom stereocenters. The van der Waals surface area contributed by atoms with Crippen molar-refractivity contribution in [1.29, 1.82) is 0 Å². The van der Waals surface area contributed by atoms with Crippen molar-refractivity contribution in [3.63, 3.8) is 0 Å². The molecule has 1 N–H and O–H groups in total. The Morgan fingerprint density at radius 2 is 1.71 bits per heavy atom. The fourth-order valence-electron chi connectivity index (χ4n) is 3.76. The summed E-state index contributed by atoms with van der Waals surface area (Å²) in [7, 11) is -3.96. The monoisotopic (exact) mass is 464 g/mol. The minimum Gasteiger partial charge on any atom is -0.494 e. The summed E-state index contributed by atoms with van der Waals surface area (Å²) in [5.74, 6) is 0.776. The molecule has 3 rings (SSSR count). The first-order valence-corrected chi connectivity index (χ1v) is 12.5. The normalized spacial score (nSPS) is 14.8. The summed E-state index contributed by atoms with van der Waals surface area (Å²) >= 11 is 5.92. The zero-order chi connectivity index (χ0) is 22.3. The summed E-state index contributed by atoms with van der Waals surface area (Å²) in [6.45, 7) is 2.67. The van der Waals surface area contributed by atoms with Gasteiger partial charge in [0.15, 0.2) is 0 Å². The predicted octanol–water partition coefficient (Wildman–Crippen LogP) is 4.63. The molecule has 8 heteroatoms. The van der Waals surface area contributed by atoms with Crippen molar-refractivity contribution in [3.8, 4) is 5.75 Å². The average Bonchev–Trinajstić information content (AvgIpc) is 2.78. The van der Waals surface area contributed by atoms with E-state index in [1.54, 1.807) is 24.3 Å². The molecule has 0 bridgehead atoms. The highest BCUT2D eigenvalue weighted by Gasteiger charge is 2.27. The standard InChI is InChI=1S/C23H29ClN2O4S/c1-2-30-21-12-10-20(11-13-21)26(31(28,29)22-14-8-19(24)9-15-22)17-23(27)25-16-18-6-4-3-5-7-18/h8-15,18H,2-7,16-17H2,1H3,(H,25,27). The molecule has 0 heterocycles. The van der Waals surface area contributed by atoms with Crippen LogP contribution in [0.2, 0.25) is 5.02 Å². The first-order valence-electron chi connectivity index (χ1n) is 10.7. The molecule has 31 heavy (non-hydrogen) atoms. The number of halogens is 1. The number of anilines is 1. The largest absolute Gasteiger partial charge is 0.494 e. The third kappa shape index (κ3) is 6.37. The van der Waals surface area contributed by atoms with Gasteiger partial charge in [-0.05, 0) is 74.2 Å². The van der Waals surface area contributed by atoms with Gasteiger partial charge in [0.05, 0.1) is 17.2 Å². The van der Waals surface area contributed by atoms with Crippen LogP contribution in [0.5, 0.6) is 5.75 Å². The Hall–Kier alpha value is -2.25. The highest BCUT2D eigenvalue weighted by Crippen LogP contribution is 2.27. The van der Waals surface area contributed by atoms with Gasteiger partial charge in [-0.1, -0.05) is 30.9 Å². The predicted molar refractivity (Wildman–Crippen MR) is 123 cm³/mol. The van der Waals surface area contributed by atoms with Crippen LogP contribution in [-0.4, -0.2) is 34.0 Å². The first-order chi connectivity index (χ1) is 14.9. The molecule has 1 aliphatic rings. The summed E-state index contributed by atoms with van der Waals surface area (Å²) in [5, 5.41) is 3.37. The fraction of sp³-hybridized carbons (Fsp3) is 0.435. The van der Waals surface area contributed by atoms with E-state index >= 15 is 0 Å². The van der Waals surface area contributed by atoms with E-state index in [0.29, 0.717) is 35.5 Å². The Bertz CT molecular complexity index is 956. The summed E-state index contributed by atoms with van der Waals surface area (Å²) in [5.41, 5.74) is 0.395. The number of rotatable bonds is 9. The van der Waals surface area contributed by atoms with Gasteiger partial charge in [0, 0.05) is 11.6 Å². The number of nitrogens with zero attached hydrogens (tertiary/aromatic N) is 1. The number of amides is 1. The minimum atomic E-state index is -3.96. The second-order valence-corrected chi connectivity index (χ2v) is 10.00. The minimum absolute atomic E-state index is 0.0749. The number of carbonyl (C=O) groups excluding carboxylic acids is 1. The first kappa shape index (κ1) is 23.4. The SMILES string of the molecule is CCOc1ccc(N(CC(=O)NCC2CCCCC2)S(=O)(=O)c2ccc(Cl)cc2)cc1. The average molecular weight is 465 g/mol. The number of ether oxygens (including phenoxy) is 1. The Morgan fingerprint density at radius 3 is 2.32 bits per heavy atom. The van der Waals surface area contributed by atoms with Gasteiger partial charge in [0.25, 0.3) is 10.0 Å². The third-order valence-electron chi connectivity index (χ3n) is 5.44. The second-order valence-electron chi connectivity index (χ2n) is 7.70. The van der Waals surface area contributed by atoms with E-state index < -0.39 is 10.0 Å². The fourth-order valence-corrected chi connectivity index (χ4v) is 5.31. The molecule has 0 aliphatic heterocycles. The highest BCUT2D eigenvalue weighted by atomic mass is 35.5. The molecule has 2 aromatic rings. The van der Waals surface area contributed by atoms with Crippen molar-refractivity contribution >= 4 is 33.2 Å². The van der Waals surface area contributed by atoms with Crippen LogP contribution in [-0.2, 0) is 14.8 Å². The van der Waals surface area contributed by atoms with Crippen LogP contribution in [0.3, 0.4) is 0 Å². The van der Waals surface area contributed by atoms with E-state index in [2.05, 4.69) is 5.32 Å². The smallest absolute Gasteiger partial charge is 0.264 e. The molecule has 0 aromatic heterocycles. The van der Waals surface area contributed by atoms with E-state index in [9.17, 15) is 13.2 Å². The summed E-state index contributed by atoms with van der Waals surface area (Å²) < 4.78 is 33.3. The van der Waals surface area contributed by atoms with Crippen molar-refractivity contribution in [3.05, 3.63) is 53.6 Å². The van der Waals surface area contributed by atoms with Crippen LogP contribution < -0.4 is 14.4 Å². The van der Waals surface area contributed by atoms with Gasteiger partial charge in [0.2, 0.25) is 5.91 Å². The molecular formula is C23H29ClN2O4S. The van der Waals surface area contributed by atoms with Crippen LogP contribution in [0.25, 0.3) is 0 Å². The van der Waals surface area contributed by atoms with Gasteiger partial charge < -0.3 is 10.1 Å². The summed E-state index contributed by atoms with van der Waals surface area (Å²) in [6, 6.07) is 12.6. The lowest BCUT2D eigenvalue weighted by molar-refractivity contribution is -0.119. The van der Waals surface area contributed by atoms with Gasteiger partial charge in [-0.3, -0.25) is 9.10 Å². The maximum absolute atomic E-state index is 13.4. The van der Waals surface area contributed by atoms with Crippen LogP contribution in [0, 0.1) is 5.92 Å². The van der Waals surface area contributed by atoms with Crippen LogP contribution in [0.4, 0.5) is 5.69 Å². The molecule has 0 radical (unpaired) electrons. The van der Waals surface area contributed by atoms with Crippen molar-refractivity contribution < 1.29 is 17.9 Å². The lowest BCUT2D eigenvalue weighted by Gasteiger charge is -2.26. The zero-order valence-electron chi connectivity index (χ0n) is 17.7. The Kier molecular flexibility index (Phi) is 8.21. The van der Waals surface area contributed by atoms with Crippen molar-refractivity contribution in [2.45, 2.75) is 43.9 Å². The number of carbonyl (C=O) groups is 1. The molecule has 0 spiro atoms.